The van der Waals surface area contributed by atoms with Gasteiger partial charge in [0.05, 0.1) is 12.7 Å². The molecule has 2 rings (SSSR count). The van der Waals surface area contributed by atoms with Gasteiger partial charge in [0, 0.05) is 0 Å². The summed E-state index contributed by atoms with van der Waals surface area (Å²) >= 11 is 0. The van der Waals surface area contributed by atoms with Crippen molar-refractivity contribution in [3.8, 4) is 0 Å². The van der Waals surface area contributed by atoms with Crippen molar-refractivity contribution in [1.29, 1.82) is 0 Å². The molecular formula is C5H9N7O. The molecule has 4 N–H and O–H groups in total. The zero-order chi connectivity index (χ0) is 9.10. The fourth-order valence-electron chi connectivity index (χ4n) is 1.02. The van der Waals surface area contributed by atoms with Crippen LogP contribution in [-0.2, 0) is 6.54 Å². The molecule has 1 aliphatic rings. The zero-order valence-electron chi connectivity index (χ0n) is 6.69. The number of rotatable bonds is 3. The summed E-state index contributed by atoms with van der Waals surface area (Å²) in [6.07, 6.45) is 2.26. The molecule has 1 aromatic heterocycles. The number of nitrogens with zero attached hydrogens (tertiary/aromatic N) is 3. The highest BCUT2D eigenvalue weighted by atomic mass is 16.1. The Labute approximate surface area is 73.6 Å². The summed E-state index contributed by atoms with van der Waals surface area (Å²) in [5.41, 5.74) is 11.4. The molecule has 1 saturated heterocycles. The number of aromatic nitrogens is 3. The molecule has 0 aliphatic carbocycles. The van der Waals surface area contributed by atoms with Crippen LogP contribution in [0.3, 0.4) is 0 Å². The second-order valence-corrected chi connectivity index (χ2v) is 2.57. The Bertz CT molecular complexity index is 291. The molecule has 0 unspecified atom stereocenters. The molecule has 8 nitrogen and oxygen atoms in total. The van der Waals surface area contributed by atoms with Crippen molar-refractivity contribution in [2.45, 2.75) is 12.7 Å². The minimum Gasteiger partial charge on any atom is -0.296 e. The molecule has 0 aromatic carbocycles. The first-order chi connectivity index (χ1) is 6.38. The molecule has 1 aliphatic heterocycles. The third-order valence-corrected chi connectivity index (χ3v) is 1.60. The Balaban J connectivity index is 1.96. The highest BCUT2D eigenvalue weighted by molar-refractivity contribution is 5.70. The Hall–Kier alpha value is -1.35. The molecule has 8 heteroatoms. The van der Waals surface area contributed by atoms with E-state index in [-0.39, 0.29) is 6.17 Å². The van der Waals surface area contributed by atoms with Crippen molar-refractivity contribution in [3.05, 3.63) is 11.9 Å². The topological polar surface area (TPSA) is 95.9 Å². The van der Waals surface area contributed by atoms with Crippen molar-refractivity contribution in [2.24, 2.45) is 0 Å². The second-order valence-electron chi connectivity index (χ2n) is 2.57. The number of hydrazine groups is 3. The van der Waals surface area contributed by atoms with E-state index in [1.54, 1.807) is 10.9 Å². The molecule has 0 atom stereocenters. The van der Waals surface area contributed by atoms with Crippen molar-refractivity contribution in [1.82, 2.24) is 36.9 Å². The van der Waals surface area contributed by atoms with Gasteiger partial charge in [0.2, 0.25) is 0 Å². The number of hydrogen-bond acceptors (Lipinski definition) is 7. The van der Waals surface area contributed by atoms with E-state index < -0.39 is 0 Å². The Kier molecular flexibility index (Phi) is 2.27. The summed E-state index contributed by atoms with van der Waals surface area (Å²) in [6.45, 7) is 0.570. The SMILES string of the molecule is O=Cc1cn(CC2NNNN2)nn1. The first kappa shape index (κ1) is 8.26. The summed E-state index contributed by atoms with van der Waals surface area (Å²) in [6, 6.07) is 0. The molecule has 13 heavy (non-hydrogen) atoms. The first-order valence-corrected chi connectivity index (χ1v) is 3.75. The molecule has 0 spiro atoms. The number of nitrogens with one attached hydrogen (secondary N) is 4. The molecule has 70 valence electrons. The first-order valence-electron chi connectivity index (χ1n) is 3.75. The highest BCUT2D eigenvalue weighted by Crippen LogP contribution is 1.90. The maximum Gasteiger partial charge on any atom is 0.171 e. The standard InChI is InChI=1S/C5H9N7O/c13-3-4-1-12(11-6-4)2-5-7-9-10-8-5/h1,3,5,7-10H,2H2. The van der Waals surface area contributed by atoms with Crippen molar-refractivity contribution in [2.75, 3.05) is 0 Å². The average Bonchev–Trinajstić information content (AvgIpc) is 2.76. The normalized spacial score (nSPS) is 17.8. The van der Waals surface area contributed by atoms with Gasteiger partial charge in [0.15, 0.2) is 6.29 Å². The summed E-state index contributed by atoms with van der Waals surface area (Å²) in [7, 11) is 0. The molecule has 0 amide bonds. The van der Waals surface area contributed by atoms with Crippen LogP contribution in [0.2, 0.25) is 0 Å². The quantitative estimate of drug-likeness (QED) is 0.386. The van der Waals surface area contributed by atoms with Gasteiger partial charge in [-0.15, -0.1) is 5.10 Å². The summed E-state index contributed by atoms with van der Waals surface area (Å²) in [4.78, 5) is 10.3. The summed E-state index contributed by atoms with van der Waals surface area (Å²) in [5.74, 6) is 0. The predicted molar refractivity (Wildman–Crippen MR) is 41.7 cm³/mol. The predicted octanol–water partition coefficient (Wildman–Crippen LogP) is -2.47. The Morgan fingerprint density at radius 3 is 2.92 bits per heavy atom. The van der Waals surface area contributed by atoms with Crippen LogP contribution >= 0.6 is 0 Å². The van der Waals surface area contributed by atoms with Gasteiger partial charge in [-0.3, -0.25) is 4.79 Å². The van der Waals surface area contributed by atoms with E-state index in [4.69, 9.17) is 0 Å². The van der Waals surface area contributed by atoms with Crippen LogP contribution in [0.15, 0.2) is 6.20 Å². The van der Waals surface area contributed by atoms with E-state index >= 15 is 0 Å². The minimum absolute atomic E-state index is 0.0150. The zero-order valence-corrected chi connectivity index (χ0v) is 6.69. The van der Waals surface area contributed by atoms with Gasteiger partial charge < -0.3 is 0 Å². The smallest absolute Gasteiger partial charge is 0.171 e. The number of aldehydes is 1. The van der Waals surface area contributed by atoms with E-state index in [0.717, 1.165) is 0 Å². The monoisotopic (exact) mass is 183 g/mol. The minimum atomic E-state index is 0.0150. The number of hydrogen-bond donors (Lipinski definition) is 4. The van der Waals surface area contributed by atoms with Crippen LogP contribution in [0.4, 0.5) is 0 Å². The number of carbonyl (C=O) groups excluding carboxylic acids is 1. The van der Waals surface area contributed by atoms with Crippen LogP contribution in [0.25, 0.3) is 0 Å². The lowest BCUT2D eigenvalue weighted by molar-refractivity contribution is 0.111. The Morgan fingerprint density at radius 1 is 1.54 bits per heavy atom. The van der Waals surface area contributed by atoms with E-state index in [1.165, 1.54) is 0 Å². The molecule has 2 heterocycles. The van der Waals surface area contributed by atoms with Crippen molar-refractivity contribution >= 4 is 6.29 Å². The summed E-state index contributed by atoms with van der Waals surface area (Å²) in [5, 5.41) is 7.38. The van der Waals surface area contributed by atoms with Gasteiger partial charge in [-0.1, -0.05) is 5.21 Å². The van der Waals surface area contributed by atoms with E-state index in [1.807, 2.05) is 0 Å². The van der Waals surface area contributed by atoms with Gasteiger partial charge in [-0.05, 0) is 0 Å². The van der Waals surface area contributed by atoms with Crippen LogP contribution in [-0.4, -0.2) is 27.4 Å². The van der Waals surface area contributed by atoms with Crippen LogP contribution in [0.5, 0.6) is 0 Å². The molecule has 0 saturated carbocycles. The third kappa shape index (κ3) is 1.87. The largest absolute Gasteiger partial charge is 0.296 e. The summed E-state index contributed by atoms with van der Waals surface area (Å²) < 4.78 is 1.57. The van der Waals surface area contributed by atoms with Gasteiger partial charge in [-0.2, -0.15) is 11.1 Å². The highest BCUT2D eigenvalue weighted by Gasteiger charge is 2.13. The van der Waals surface area contributed by atoms with Crippen LogP contribution < -0.4 is 21.9 Å². The molecule has 1 aromatic rings. The fourth-order valence-corrected chi connectivity index (χ4v) is 1.02. The second kappa shape index (κ2) is 3.58. The van der Waals surface area contributed by atoms with Crippen LogP contribution in [0.1, 0.15) is 10.5 Å². The fraction of sp³-hybridized carbons (Fsp3) is 0.400. The average molecular weight is 183 g/mol. The lowest BCUT2D eigenvalue weighted by atomic mass is 10.5. The third-order valence-electron chi connectivity index (χ3n) is 1.60. The Morgan fingerprint density at radius 2 is 2.31 bits per heavy atom. The molecular weight excluding hydrogens is 174 g/mol. The molecule has 1 fully saturated rings. The van der Waals surface area contributed by atoms with Crippen LogP contribution in [0, 0.1) is 0 Å². The maximum atomic E-state index is 10.3. The van der Waals surface area contributed by atoms with E-state index in [9.17, 15) is 4.79 Å². The van der Waals surface area contributed by atoms with E-state index in [2.05, 4.69) is 32.2 Å². The van der Waals surface area contributed by atoms with Gasteiger partial charge in [-0.25, -0.2) is 15.5 Å². The maximum absolute atomic E-state index is 10.3. The van der Waals surface area contributed by atoms with Gasteiger partial charge >= 0.3 is 0 Å². The van der Waals surface area contributed by atoms with Crippen molar-refractivity contribution < 1.29 is 4.79 Å². The van der Waals surface area contributed by atoms with Crippen molar-refractivity contribution in [3.63, 3.8) is 0 Å². The number of carbonyl (C=O) groups is 1. The lowest BCUT2D eigenvalue weighted by Gasteiger charge is -2.06. The van der Waals surface area contributed by atoms with E-state index in [0.29, 0.717) is 18.5 Å². The molecule has 0 bridgehead atoms. The van der Waals surface area contributed by atoms with Gasteiger partial charge in [0.1, 0.15) is 11.9 Å². The molecule has 0 radical (unpaired) electrons. The van der Waals surface area contributed by atoms with Gasteiger partial charge in [0.25, 0.3) is 0 Å². The lowest BCUT2D eigenvalue weighted by Crippen LogP contribution is -2.37.